The van der Waals surface area contributed by atoms with Gasteiger partial charge in [0, 0.05) is 5.69 Å². The SMILES string of the molecule is COC(=O)Cn1nc(C=Cc2ccc(O)c(OC)c2)cc1C. The average Bonchev–Trinajstić information content (AvgIpc) is 2.86. The summed E-state index contributed by atoms with van der Waals surface area (Å²) in [5.41, 5.74) is 2.47. The second-order valence-electron chi connectivity index (χ2n) is 4.71. The summed E-state index contributed by atoms with van der Waals surface area (Å²) < 4.78 is 11.3. The monoisotopic (exact) mass is 302 g/mol. The smallest absolute Gasteiger partial charge is 0.327 e. The maximum atomic E-state index is 11.3. The van der Waals surface area contributed by atoms with Gasteiger partial charge in [-0.3, -0.25) is 9.48 Å². The van der Waals surface area contributed by atoms with Crippen molar-refractivity contribution >= 4 is 18.1 Å². The van der Waals surface area contributed by atoms with E-state index >= 15 is 0 Å². The molecule has 2 aromatic rings. The van der Waals surface area contributed by atoms with Gasteiger partial charge >= 0.3 is 5.97 Å². The van der Waals surface area contributed by atoms with Crippen LogP contribution >= 0.6 is 0 Å². The van der Waals surface area contributed by atoms with Crippen molar-refractivity contribution in [1.29, 1.82) is 0 Å². The molecular formula is C16H18N2O4. The van der Waals surface area contributed by atoms with E-state index in [9.17, 15) is 9.90 Å². The largest absolute Gasteiger partial charge is 0.504 e. The lowest BCUT2D eigenvalue weighted by molar-refractivity contribution is -0.141. The molecule has 0 saturated carbocycles. The van der Waals surface area contributed by atoms with Gasteiger partial charge in [0.15, 0.2) is 11.5 Å². The molecule has 1 N–H and O–H groups in total. The minimum atomic E-state index is -0.343. The lowest BCUT2D eigenvalue weighted by atomic mass is 10.2. The number of nitrogens with zero attached hydrogens (tertiary/aromatic N) is 2. The minimum absolute atomic E-state index is 0.0865. The first-order valence-electron chi connectivity index (χ1n) is 6.70. The Morgan fingerprint density at radius 3 is 2.77 bits per heavy atom. The maximum absolute atomic E-state index is 11.3. The number of hydrogen-bond acceptors (Lipinski definition) is 5. The van der Waals surface area contributed by atoms with Crippen molar-refractivity contribution < 1.29 is 19.4 Å². The number of phenols is 1. The van der Waals surface area contributed by atoms with Crippen LogP contribution in [0.3, 0.4) is 0 Å². The van der Waals surface area contributed by atoms with Crippen LogP contribution < -0.4 is 4.74 Å². The van der Waals surface area contributed by atoms with E-state index in [0.717, 1.165) is 17.0 Å². The molecule has 0 atom stereocenters. The van der Waals surface area contributed by atoms with Crippen LogP contribution in [0.5, 0.6) is 11.5 Å². The normalized spacial score (nSPS) is 10.9. The molecule has 0 aliphatic carbocycles. The average molecular weight is 302 g/mol. The van der Waals surface area contributed by atoms with Crippen molar-refractivity contribution in [2.75, 3.05) is 14.2 Å². The third-order valence-electron chi connectivity index (χ3n) is 3.16. The van der Waals surface area contributed by atoms with E-state index in [1.807, 2.05) is 25.1 Å². The van der Waals surface area contributed by atoms with E-state index in [1.54, 1.807) is 22.9 Å². The molecule has 0 bridgehead atoms. The van der Waals surface area contributed by atoms with Gasteiger partial charge in [-0.1, -0.05) is 12.1 Å². The van der Waals surface area contributed by atoms with Gasteiger partial charge in [-0.2, -0.15) is 5.10 Å². The summed E-state index contributed by atoms with van der Waals surface area (Å²) in [6, 6.07) is 6.94. The van der Waals surface area contributed by atoms with E-state index < -0.39 is 0 Å². The van der Waals surface area contributed by atoms with E-state index in [0.29, 0.717) is 5.75 Å². The zero-order chi connectivity index (χ0) is 16.1. The highest BCUT2D eigenvalue weighted by molar-refractivity contribution is 5.70. The highest BCUT2D eigenvalue weighted by Crippen LogP contribution is 2.27. The number of phenolic OH excluding ortho intramolecular Hbond substituents is 1. The molecule has 22 heavy (non-hydrogen) atoms. The molecule has 0 aliphatic rings. The Morgan fingerprint density at radius 1 is 1.32 bits per heavy atom. The second kappa shape index (κ2) is 6.80. The van der Waals surface area contributed by atoms with Gasteiger partial charge in [-0.15, -0.1) is 0 Å². The van der Waals surface area contributed by atoms with Gasteiger partial charge in [-0.05, 0) is 36.8 Å². The summed E-state index contributed by atoms with van der Waals surface area (Å²) >= 11 is 0. The van der Waals surface area contributed by atoms with Gasteiger partial charge in [0.05, 0.1) is 19.9 Å². The second-order valence-corrected chi connectivity index (χ2v) is 4.71. The van der Waals surface area contributed by atoms with Crippen molar-refractivity contribution in [3.05, 3.63) is 41.2 Å². The Morgan fingerprint density at radius 2 is 2.09 bits per heavy atom. The molecule has 6 heteroatoms. The van der Waals surface area contributed by atoms with Crippen molar-refractivity contribution in [2.45, 2.75) is 13.5 Å². The Balaban J connectivity index is 2.16. The summed E-state index contributed by atoms with van der Waals surface area (Å²) in [7, 11) is 2.85. The van der Waals surface area contributed by atoms with Crippen molar-refractivity contribution in [1.82, 2.24) is 9.78 Å². The predicted octanol–water partition coefficient (Wildman–Crippen LogP) is 2.25. The van der Waals surface area contributed by atoms with Crippen LogP contribution in [0.15, 0.2) is 24.3 Å². The summed E-state index contributed by atoms with van der Waals surface area (Å²) in [6.07, 6.45) is 3.68. The molecule has 0 amide bonds. The first kappa shape index (κ1) is 15.6. The molecule has 1 aromatic heterocycles. The van der Waals surface area contributed by atoms with E-state index in [1.165, 1.54) is 14.2 Å². The molecule has 116 valence electrons. The van der Waals surface area contributed by atoms with E-state index in [2.05, 4.69) is 9.84 Å². The number of methoxy groups -OCH3 is 2. The highest BCUT2D eigenvalue weighted by atomic mass is 16.5. The van der Waals surface area contributed by atoms with Crippen LogP contribution in [0.1, 0.15) is 17.0 Å². The molecule has 1 heterocycles. The summed E-state index contributed by atoms with van der Waals surface area (Å²) in [5.74, 6) is 0.164. The summed E-state index contributed by atoms with van der Waals surface area (Å²) in [6.45, 7) is 1.96. The zero-order valence-electron chi connectivity index (χ0n) is 12.7. The molecule has 6 nitrogen and oxygen atoms in total. The van der Waals surface area contributed by atoms with Crippen molar-refractivity contribution in [3.63, 3.8) is 0 Å². The van der Waals surface area contributed by atoms with Crippen LogP contribution in [0.25, 0.3) is 12.2 Å². The first-order chi connectivity index (χ1) is 10.5. The molecule has 0 fully saturated rings. The van der Waals surface area contributed by atoms with Gasteiger partial charge in [0.2, 0.25) is 0 Å². The lowest BCUT2D eigenvalue weighted by Gasteiger charge is -2.03. The topological polar surface area (TPSA) is 73.6 Å². The number of aryl methyl sites for hydroxylation is 1. The number of carbonyl (C=O) groups is 1. The number of carbonyl (C=O) groups excluding carboxylic acids is 1. The van der Waals surface area contributed by atoms with Crippen LogP contribution in [0, 0.1) is 6.92 Å². The number of rotatable bonds is 5. The fraction of sp³-hybridized carbons (Fsp3) is 0.250. The van der Waals surface area contributed by atoms with Crippen LogP contribution in [-0.2, 0) is 16.1 Å². The predicted molar refractivity (Wildman–Crippen MR) is 82.6 cm³/mol. The van der Waals surface area contributed by atoms with Crippen LogP contribution in [-0.4, -0.2) is 35.1 Å². The summed E-state index contributed by atoms with van der Waals surface area (Å²) in [4.78, 5) is 11.3. The molecule has 2 rings (SSSR count). The Bertz CT molecular complexity index is 704. The maximum Gasteiger partial charge on any atom is 0.327 e. The number of ether oxygens (including phenoxy) is 2. The Hall–Kier alpha value is -2.76. The minimum Gasteiger partial charge on any atom is -0.504 e. The first-order valence-corrected chi connectivity index (χ1v) is 6.70. The van der Waals surface area contributed by atoms with Gasteiger partial charge < -0.3 is 14.6 Å². The van der Waals surface area contributed by atoms with Crippen LogP contribution in [0.4, 0.5) is 0 Å². The number of benzene rings is 1. The van der Waals surface area contributed by atoms with E-state index in [4.69, 9.17) is 4.74 Å². The Labute approximate surface area is 128 Å². The van der Waals surface area contributed by atoms with Gasteiger partial charge in [-0.25, -0.2) is 0 Å². The van der Waals surface area contributed by atoms with Gasteiger partial charge in [0.25, 0.3) is 0 Å². The standard InChI is InChI=1S/C16H18N2O4/c1-11-8-13(17-18(11)10-16(20)22-3)6-4-12-5-7-14(19)15(9-12)21-2/h4-9,19H,10H2,1-3H3. The summed E-state index contributed by atoms with van der Waals surface area (Å²) in [5, 5.41) is 13.9. The van der Waals surface area contributed by atoms with Crippen LogP contribution in [0.2, 0.25) is 0 Å². The fourth-order valence-corrected chi connectivity index (χ4v) is 1.94. The van der Waals surface area contributed by atoms with Gasteiger partial charge in [0.1, 0.15) is 6.54 Å². The number of hydrogen-bond donors (Lipinski definition) is 1. The molecule has 0 aliphatic heterocycles. The molecule has 0 unspecified atom stereocenters. The third kappa shape index (κ3) is 3.66. The molecule has 0 saturated heterocycles. The van der Waals surface area contributed by atoms with E-state index in [-0.39, 0.29) is 18.3 Å². The van der Waals surface area contributed by atoms with Crippen molar-refractivity contribution in [2.24, 2.45) is 0 Å². The lowest BCUT2D eigenvalue weighted by Crippen LogP contribution is -2.13. The molecular weight excluding hydrogens is 284 g/mol. The molecule has 0 radical (unpaired) electrons. The molecule has 1 aromatic carbocycles. The number of aromatic nitrogens is 2. The highest BCUT2D eigenvalue weighted by Gasteiger charge is 2.07. The fourth-order valence-electron chi connectivity index (χ4n) is 1.94. The number of esters is 1. The Kier molecular flexibility index (Phi) is 4.83. The molecule has 0 spiro atoms. The third-order valence-corrected chi connectivity index (χ3v) is 3.16. The van der Waals surface area contributed by atoms with Crippen molar-refractivity contribution in [3.8, 4) is 11.5 Å². The number of aromatic hydroxyl groups is 1. The quantitative estimate of drug-likeness (QED) is 0.858. The zero-order valence-corrected chi connectivity index (χ0v) is 12.7.